The summed E-state index contributed by atoms with van der Waals surface area (Å²) in [5, 5.41) is 1.19. The van der Waals surface area contributed by atoms with Gasteiger partial charge in [0, 0.05) is 17.6 Å². The fraction of sp³-hybridized carbons (Fsp3) is 0.333. The summed E-state index contributed by atoms with van der Waals surface area (Å²) in [5.41, 5.74) is 3.64. The van der Waals surface area contributed by atoms with Crippen molar-refractivity contribution in [3.05, 3.63) is 40.5 Å². The topological polar surface area (TPSA) is 54.8 Å². The normalized spacial score (nSPS) is 14.5. The van der Waals surface area contributed by atoms with E-state index in [1.54, 1.807) is 24.0 Å². The number of thiophene rings is 1. The smallest absolute Gasteiger partial charge is 0.141 e. The second-order valence-electron chi connectivity index (χ2n) is 5.33. The molecule has 3 aromatic rings. The van der Waals surface area contributed by atoms with Crippen LogP contribution < -0.4 is 4.90 Å². The van der Waals surface area contributed by atoms with Gasteiger partial charge in [0.15, 0.2) is 0 Å². The number of anilines is 1. The number of nitrogens with zero attached hydrogens (tertiary/aromatic N) is 5. The van der Waals surface area contributed by atoms with Crippen LogP contribution in [0.3, 0.4) is 0 Å². The lowest BCUT2D eigenvalue weighted by Gasteiger charge is -2.29. The van der Waals surface area contributed by atoms with E-state index in [1.165, 1.54) is 21.4 Å². The number of hydrogen-bond donors (Lipinski definition) is 0. The molecule has 21 heavy (non-hydrogen) atoms. The van der Waals surface area contributed by atoms with Gasteiger partial charge in [-0.15, -0.1) is 11.3 Å². The van der Waals surface area contributed by atoms with Crippen molar-refractivity contribution in [2.75, 3.05) is 11.4 Å². The highest BCUT2D eigenvalue weighted by molar-refractivity contribution is 7.18. The van der Waals surface area contributed by atoms with Crippen LogP contribution in [-0.2, 0) is 13.0 Å². The minimum atomic E-state index is 0.790. The van der Waals surface area contributed by atoms with Gasteiger partial charge in [-0.2, -0.15) is 0 Å². The van der Waals surface area contributed by atoms with Gasteiger partial charge in [0.1, 0.15) is 23.3 Å². The summed E-state index contributed by atoms with van der Waals surface area (Å²) in [7, 11) is 0. The molecule has 0 spiro atoms. The van der Waals surface area contributed by atoms with Gasteiger partial charge in [-0.05, 0) is 31.4 Å². The van der Waals surface area contributed by atoms with Crippen LogP contribution in [0, 0.1) is 13.8 Å². The first kappa shape index (κ1) is 12.6. The van der Waals surface area contributed by atoms with Crippen LogP contribution in [0.15, 0.2) is 18.9 Å². The van der Waals surface area contributed by atoms with E-state index in [2.05, 4.69) is 38.7 Å². The Morgan fingerprint density at radius 1 is 1.14 bits per heavy atom. The molecule has 0 radical (unpaired) electrons. The number of aromatic nitrogens is 4. The zero-order valence-electron chi connectivity index (χ0n) is 12.0. The molecule has 1 aliphatic rings. The summed E-state index contributed by atoms with van der Waals surface area (Å²) in [4.78, 5) is 22.2. The van der Waals surface area contributed by atoms with E-state index >= 15 is 0 Å². The lowest BCUT2D eigenvalue weighted by atomic mass is 10.1. The second kappa shape index (κ2) is 4.73. The summed E-state index contributed by atoms with van der Waals surface area (Å²) in [6.45, 7) is 6.03. The molecular weight excluding hydrogens is 282 g/mol. The zero-order chi connectivity index (χ0) is 14.4. The quantitative estimate of drug-likeness (QED) is 0.691. The first-order valence-corrected chi connectivity index (χ1v) is 7.79. The first-order valence-electron chi connectivity index (χ1n) is 6.97. The van der Waals surface area contributed by atoms with Gasteiger partial charge in [-0.25, -0.2) is 19.9 Å². The maximum absolute atomic E-state index is 4.56. The van der Waals surface area contributed by atoms with Crippen molar-refractivity contribution in [1.82, 2.24) is 19.9 Å². The van der Waals surface area contributed by atoms with E-state index in [4.69, 9.17) is 0 Å². The third-order valence-corrected chi connectivity index (χ3v) is 5.23. The number of hydrogen-bond acceptors (Lipinski definition) is 6. The Kier molecular flexibility index (Phi) is 2.85. The molecule has 0 unspecified atom stereocenters. The molecule has 0 atom stereocenters. The van der Waals surface area contributed by atoms with E-state index < -0.39 is 0 Å². The molecule has 0 saturated heterocycles. The second-order valence-corrected chi connectivity index (χ2v) is 6.53. The minimum absolute atomic E-state index is 0.790. The highest BCUT2D eigenvalue weighted by Crippen LogP contribution is 2.35. The number of fused-ring (bicyclic) bond motifs is 2. The third-order valence-electron chi connectivity index (χ3n) is 4.12. The summed E-state index contributed by atoms with van der Waals surface area (Å²) in [5.74, 6) is 1.03. The van der Waals surface area contributed by atoms with Gasteiger partial charge < -0.3 is 4.90 Å². The van der Waals surface area contributed by atoms with Gasteiger partial charge in [0.25, 0.3) is 0 Å². The molecule has 0 aliphatic carbocycles. The molecule has 0 N–H and O–H groups in total. The van der Waals surface area contributed by atoms with Crippen molar-refractivity contribution in [1.29, 1.82) is 0 Å². The van der Waals surface area contributed by atoms with Crippen molar-refractivity contribution in [2.45, 2.75) is 26.8 Å². The molecule has 6 heteroatoms. The first-order chi connectivity index (χ1) is 10.2. The van der Waals surface area contributed by atoms with E-state index in [9.17, 15) is 0 Å². The van der Waals surface area contributed by atoms with Crippen LogP contribution in [0.2, 0.25) is 0 Å². The van der Waals surface area contributed by atoms with Crippen LogP contribution in [0.25, 0.3) is 10.2 Å². The molecule has 0 aromatic carbocycles. The monoisotopic (exact) mass is 297 g/mol. The summed E-state index contributed by atoms with van der Waals surface area (Å²) in [6.07, 6.45) is 6.18. The molecule has 0 saturated carbocycles. The van der Waals surface area contributed by atoms with Crippen molar-refractivity contribution in [2.24, 2.45) is 0 Å². The highest BCUT2D eigenvalue weighted by atomic mass is 32.1. The SMILES string of the molecule is Cc1sc2ncnc(N3CCc4cncnc4C3)c2c1C. The fourth-order valence-corrected chi connectivity index (χ4v) is 3.83. The molecule has 1 aliphatic heterocycles. The Morgan fingerprint density at radius 2 is 2.05 bits per heavy atom. The molecule has 0 amide bonds. The minimum Gasteiger partial charge on any atom is -0.350 e. The molecular formula is C15H15N5S. The Bertz CT molecular complexity index is 826. The molecule has 0 fully saturated rings. The van der Waals surface area contributed by atoms with Gasteiger partial charge in [0.05, 0.1) is 17.6 Å². The van der Waals surface area contributed by atoms with Crippen molar-refractivity contribution in [3.63, 3.8) is 0 Å². The highest BCUT2D eigenvalue weighted by Gasteiger charge is 2.22. The molecule has 0 bridgehead atoms. The average molecular weight is 297 g/mol. The zero-order valence-corrected chi connectivity index (χ0v) is 12.8. The molecule has 3 aromatic heterocycles. The van der Waals surface area contributed by atoms with E-state index in [-0.39, 0.29) is 0 Å². The fourth-order valence-electron chi connectivity index (χ4n) is 2.83. The molecule has 106 valence electrons. The van der Waals surface area contributed by atoms with Crippen molar-refractivity contribution < 1.29 is 0 Å². The largest absolute Gasteiger partial charge is 0.350 e. The lowest BCUT2D eigenvalue weighted by Crippen LogP contribution is -2.32. The number of rotatable bonds is 1. The lowest BCUT2D eigenvalue weighted by molar-refractivity contribution is 0.696. The van der Waals surface area contributed by atoms with Crippen LogP contribution in [0.4, 0.5) is 5.82 Å². The van der Waals surface area contributed by atoms with Gasteiger partial charge >= 0.3 is 0 Å². The average Bonchev–Trinajstić information content (AvgIpc) is 2.82. The van der Waals surface area contributed by atoms with Gasteiger partial charge in [-0.1, -0.05) is 0 Å². The maximum atomic E-state index is 4.56. The number of aryl methyl sites for hydroxylation is 2. The Hall–Kier alpha value is -2.08. The Morgan fingerprint density at radius 3 is 2.95 bits per heavy atom. The predicted molar refractivity (Wildman–Crippen MR) is 83.7 cm³/mol. The molecule has 5 nitrogen and oxygen atoms in total. The molecule has 4 rings (SSSR count). The summed E-state index contributed by atoms with van der Waals surface area (Å²) >= 11 is 1.74. The van der Waals surface area contributed by atoms with Crippen molar-refractivity contribution in [3.8, 4) is 0 Å². The van der Waals surface area contributed by atoms with Crippen LogP contribution in [0.5, 0.6) is 0 Å². The van der Waals surface area contributed by atoms with Gasteiger partial charge in [-0.3, -0.25) is 0 Å². The standard InChI is InChI=1S/C15H15N5S/c1-9-10(2)21-15-13(9)14(18-8-19-15)20-4-3-11-5-16-7-17-12(11)6-20/h5,7-8H,3-4,6H2,1-2H3. The van der Waals surface area contributed by atoms with Crippen LogP contribution in [-0.4, -0.2) is 26.5 Å². The summed E-state index contributed by atoms with van der Waals surface area (Å²) < 4.78 is 0. The molecule has 4 heterocycles. The predicted octanol–water partition coefficient (Wildman–Crippen LogP) is 2.66. The van der Waals surface area contributed by atoms with E-state index in [1.807, 2.05) is 6.20 Å². The Balaban J connectivity index is 1.82. The Labute approximate surface area is 126 Å². The van der Waals surface area contributed by atoms with E-state index in [0.29, 0.717) is 0 Å². The summed E-state index contributed by atoms with van der Waals surface area (Å²) in [6, 6.07) is 0. The third kappa shape index (κ3) is 1.98. The maximum Gasteiger partial charge on any atom is 0.141 e. The van der Waals surface area contributed by atoms with Crippen LogP contribution in [0.1, 0.15) is 21.7 Å². The van der Waals surface area contributed by atoms with E-state index in [0.717, 1.165) is 35.9 Å². The van der Waals surface area contributed by atoms with Crippen molar-refractivity contribution >= 4 is 27.4 Å². The van der Waals surface area contributed by atoms with Gasteiger partial charge in [0.2, 0.25) is 0 Å². The van der Waals surface area contributed by atoms with Crippen LogP contribution >= 0.6 is 11.3 Å².